The van der Waals surface area contributed by atoms with Crippen LogP contribution in [-0.4, -0.2) is 24.3 Å². The van der Waals surface area contributed by atoms with E-state index in [9.17, 15) is 9.18 Å². The lowest BCUT2D eigenvalue weighted by molar-refractivity contribution is -0.127. The monoisotopic (exact) mass is 367 g/mol. The maximum atomic E-state index is 12.9. The number of nitrogens with one attached hydrogen (secondary N) is 1. The minimum Gasteiger partial charge on any atom is -0.481 e. The van der Waals surface area contributed by atoms with Crippen LogP contribution in [0.25, 0.3) is 0 Å². The molecule has 0 heterocycles. The minimum absolute atomic E-state index is 0.168. The number of thioether (sulfide) groups is 1. The third kappa shape index (κ3) is 6.06. The lowest BCUT2D eigenvalue weighted by Gasteiger charge is -2.17. The molecule has 0 aliphatic heterocycles. The number of carbonyl (C=O) groups excluding carboxylic acids is 1. The van der Waals surface area contributed by atoms with Gasteiger partial charge in [0.25, 0.3) is 5.91 Å². The van der Waals surface area contributed by atoms with Crippen molar-refractivity contribution < 1.29 is 13.9 Å². The fraction of sp³-hybridized carbons (Fsp3) is 0.278. The number of benzene rings is 2. The molecule has 0 aromatic heterocycles. The van der Waals surface area contributed by atoms with E-state index in [4.69, 9.17) is 16.3 Å². The summed E-state index contributed by atoms with van der Waals surface area (Å²) in [5, 5.41) is 3.57. The summed E-state index contributed by atoms with van der Waals surface area (Å²) in [7, 11) is 0. The Hall–Kier alpha value is -1.72. The van der Waals surface area contributed by atoms with E-state index in [0.29, 0.717) is 23.7 Å². The van der Waals surface area contributed by atoms with E-state index in [0.717, 1.165) is 10.6 Å². The fourth-order valence-corrected chi connectivity index (χ4v) is 2.88. The standard InChI is InChI=1S/C18H19ClFNO2S/c1-2-17(23-15-7-5-14(20)6-8-15)18(22)21-11-12-24-16-9-3-13(19)4-10-16/h3-10,17H,2,11-12H2,1H3,(H,21,22). The summed E-state index contributed by atoms with van der Waals surface area (Å²) in [6.45, 7) is 2.41. The topological polar surface area (TPSA) is 38.3 Å². The molecule has 0 fully saturated rings. The molecule has 2 aromatic rings. The zero-order valence-corrected chi connectivity index (χ0v) is 14.9. The Morgan fingerprint density at radius 2 is 1.88 bits per heavy atom. The quantitative estimate of drug-likeness (QED) is 0.549. The molecule has 0 aliphatic carbocycles. The average Bonchev–Trinajstić information content (AvgIpc) is 2.59. The third-order valence-corrected chi connectivity index (χ3v) is 4.50. The van der Waals surface area contributed by atoms with Crippen molar-refractivity contribution in [2.75, 3.05) is 12.3 Å². The van der Waals surface area contributed by atoms with Gasteiger partial charge in [-0.25, -0.2) is 4.39 Å². The van der Waals surface area contributed by atoms with E-state index in [-0.39, 0.29) is 11.7 Å². The van der Waals surface area contributed by atoms with E-state index in [1.807, 2.05) is 31.2 Å². The van der Waals surface area contributed by atoms with Crippen LogP contribution in [0.4, 0.5) is 4.39 Å². The summed E-state index contributed by atoms with van der Waals surface area (Å²) in [4.78, 5) is 13.3. The first-order valence-corrected chi connectivity index (χ1v) is 9.03. The Morgan fingerprint density at radius 1 is 1.21 bits per heavy atom. The van der Waals surface area contributed by atoms with Crippen LogP contribution >= 0.6 is 23.4 Å². The number of carbonyl (C=O) groups is 1. The highest BCUT2D eigenvalue weighted by atomic mass is 35.5. The second-order valence-electron chi connectivity index (χ2n) is 5.06. The van der Waals surface area contributed by atoms with E-state index in [2.05, 4.69) is 5.32 Å². The van der Waals surface area contributed by atoms with Gasteiger partial charge in [0.2, 0.25) is 0 Å². The predicted octanol–water partition coefficient (Wildman–Crippen LogP) is 4.55. The van der Waals surface area contributed by atoms with Gasteiger partial charge in [-0.15, -0.1) is 11.8 Å². The largest absolute Gasteiger partial charge is 0.481 e. The molecular weight excluding hydrogens is 349 g/mol. The van der Waals surface area contributed by atoms with Crippen molar-refractivity contribution in [2.24, 2.45) is 0 Å². The molecule has 1 amide bonds. The maximum absolute atomic E-state index is 12.9. The van der Waals surface area contributed by atoms with Crippen molar-refractivity contribution in [3.05, 3.63) is 59.4 Å². The number of hydrogen-bond acceptors (Lipinski definition) is 3. The van der Waals surface area contributed by atoms with Gasteiger partial charge in [-0.2, -0.15) is 0 Å². The number of amides is 1. The Balaban J connectivity index is 1.75. The first-order valence-electron chi connectivity index (χ1n) is 7.67. The van der Waals surface area contributed by atoms with Crippen LogP contribution in [0, 0.1) is 5.82 Å². The van der Waals surface area contributed by atoms with Gasteiger partial charge in [-0.1, -0.05) is 18.5 Å². The molecule has 6 heteroatoms. The van der Waals surface area contributed by atoms with E-state index in [1.165, 1.54) is 24.3 Å². The van der Waals surface area contributed by atoms with Gasteiger partial charge in [-0.05, 0) is 55.0 Å². The number of ether oxygens (including phenoxy) is 1. The van der Waals surface area contributed by atoms with Crippen molar-refractivity contribution in [1.82, 2.24) is 5.32 Å². The number of halogens is 2. The van der Waals surface area contributed by atoms with Gasteiger partial charge in [0.15, 0.2) is 6.10 Å². The van der Waals surface area contributed by atoms with E-state index >= 15 is 0 Å². The van der Waals surface area contributed by atoms with Crippen LogP contribution in [0.1, 0.15) is 13.3 Å². The lowest BCUT2D eigenvalue weighted by Crippen LogP contribution is -2.39. The summed E-state index contributed by atoms with van der Waals surface area (Å²) >= 11 is 7.48. The normalized spacial score (nSPS) is 11.8. The SMILES string of the molecule is CCC(Oc1ccc(F)cc1)C(=O)NCCSc1ccc(Cl)cc1. The summed E-state index contributed by atoms with van der Waals surface area (Å²) in [6.07, 6.45) is -0.0518. The zero-order valence-electron chi connectivity index (χ0n) is 13.3. The lowest BCUT2D eigenvalue weighted by atomic mass is 10.2. The fourth-order valence-electron chi connectivity index (χ4n) is 1.99. The van der Waals surface area contributed by atoms with Gasteiger partial charge in [0, 0.05) is 22.2 Å². The number of hydrogen-bond donors (Lipinski definition) is 1. The van der Waals surface area contributed by atoms with Gasteiger partial charge < -0.3 is 10.1 Å². The molecule has 0 bridgehead atoms. The molecule has 24 heavy (non-hydrogen) atoms. The molecule has 0 spiro atoms. The van der Waals surface area contributed by atoms with Crippen molar-refractivity contribution in [3.63, 3.8) is 0 Å². The zero-order chi connectivity index (χ0) is 17.4. The Labute approximate surface area is 150 Å². The third-order valence-electron chi connectivity index (χ3n) is 3.24. The van der Waals surface area contributed by atoms with E-state index < -0.39 is 6.10 Å². The summed E-state index contributed by atoms with van der Waals surface area (Å²) in [6, 6.07) is 13.2. The summed E-state index contributed by atoms with van der Waals surface area (Å²) in [5.74, 6) is 0.729. The molecule has 3 nitrogen and oxygen atoms in total. The molecule has 1 N–H and O–H groups in total. The number of rotatable bonds is 8. The van der Waals surface area contributed by atoms with Gasteiger partial charge in [0.05, 0.1) is 0 Å². The Kier molecular flexibility index (Phi) is 7.40. The van der Waals surface area contributed by atoms with Crippen molar-refractivity contribution in [1.29, 1.82) is 0 Å². The van der Waals surface area contributed by atoms with Crippen molar-refractivity contribution >= 4 is 29.3 Å². The highest BCUT2D eigenvalue weighted by molar-refractivity contribution is 7.99. The Morgan fingerprint density at radius 3 is 2.50 bits per heavy atom. The smallest absolute Gasteiger partial charge is 0.261 e. The van der Waals surface area contributed by atoms with E-state index in [1.54, 1.807) is 11.8 Å². The van der Waals surface area contributed by atoms with Gasteiger partial charge in [0.1, 0.15) is 11.6 Å². The minimum atomic E-state index is -0.587. The van der Waals surface area contributed by atoms with Gasteiger partial charge >= 0.3 is 0 Å². The maximum Gasteiger partial charge on any atom is 0.261 e. The van der Waals surface area contributed by atoms with Crippen LogP contribution in [0.3, 0.4) is 0 Å². The highest BCUT2D eigenvalue weighted by Gasteiger charge is 2.17. The molecule has 2 rings (SSSR count). The predicted molar refractivity (Wildman–Crippen MR) is 96.3 cm³/mol. The summed E-state index contributed by atoms with van der Waals surface area (Å²) in [5.41, 5.74) is 0. The molecule has 128 valence electrons. The molecular formula is C18H19ClFNO2S. The molecule has 1 unspecified atom stereocenters. The molecule has 1 atom stereocenters. The van der Waals surface area contributed by atoms with Crippen molar-refractivity contribution in [2.45, 2.75) is 24.3 Å². The molecule has 0 saturated heterocycles. The van der Waals surface area contributed by atoms with Crippen LogP contribution < -0.4 is 10.1 Å². The van der Waals surface area contributed by atoms with Crippen LogP contribution in [0.2, 0.25) is 5.02 Å². The highest BCUT2D eigenvalue weighted by Crippen LogP contribution is 2.19. The van der Waals surface area contributed by atoms with Crippen LogP contribution in [-0.2, 0) is 4.79 Å². The molecule has 0 saturated carbocycles. The van der Waals surface area contributed by atoms with Gasteiger partial charge in [-0.3, -0.25) is 4.79 Å². The first kappa shape index (κ1) is 18.6. The average molecular weight is 368 g/mol. The molecule has 0 radical (unpaired) electrons. The van der Waals surface area contributed by atoms with Crippen LogP contribution in [0.5, 0.6) is 5.75 Å². The van der Waals surface area contributed by atoms with Crippen molar-refractivity contribution in [3.8, 4) is 5.75 Å². The summed E-state index contributed by atoms with van der Waals surface area (Å²) < 4.78 is 18.5. The van der Waals surface area contributed by atoms with Crippen LogP contribution in [0.15, 0.2) is 53.4 Å². The molecule has 0 aliphatic rings. The second-order valence-corrected chi connectivity index (χ2v) is 6.67. The molecule has 2 aromatic carbocycles. The second kappa shape index (κ2) is 9.55. The Bertz CT molecular complexity index is 649. The first-order chi connectivity index (χ1) is 11.6.